The highest BCUT2D eigenvalue weighted by Crippen LogP contribution is 2.25. The van der Waals surface area contributed by atoms with Gasteiger partial charge in [0.15, 0.2) is 17.3 Å². The molecule has 1 atom stereocenters. The van der Waals surface area contributed by atoms with E-state index in [4.69, 9.17) is 15.9 Å². The maximum Gasteiger partial charge on any atom is 0.320 e. The summed E-state index contributed by atoms with van der Waals surface area (Å²) in [6.45, 7) is 0. The van der Waals surface area contributed by atoms with Crippen molar-refractivity contribution >= 4 is 11.8 Å². The second-order valence-electron chi connectivity index (χ2n) is 3.61. The third-order valence-electron chi connectivity index (χ3n) is 2.30. The van der Waals surface area contributed by atoms with Gasteiger partial charge >= 0.3 is 5.97 Å². The predicted octanol–water partition coefficient (Wildman–Crippen LogP) is 0.473. The van der Waals surface area contributed by atoms with E-state index in [1.165, 1.54) is 12.1 Å². The number of hydrogen-bond donors (Lipinski definition) is 4. The number of carbonyl (C=O) groups excluding carboxylic acids is 1. The fourth-order valence-electron chi connectivity index (χ4n) is 1.25. The minimum atomic E-state index is -1.16. The number of phenolic OH excluding ortho intramolecular Hbond substituents is 2. The smallest absolute Gasteiger partial charge is 0.320 e. The van der Waals surface area contributed by atoms with Gasteiger partial charge in [-0.15, -0.1) is 0 Å². The van der Waals surface area contributed by atoms with Gasteiger partial charge in [0, 0.05) is 12.0 Å². The number of benzene rings is 1. The normalized spacial score (nSPS) is 12.1. The Morgan fingerprint density at radius 3 is 2.41 bits per heavy atom. The van der Waals surface area contributed by atoms with Crippen LogP contribution >= 0.6 is 0 Å². The lowest BCUT2D eigenvalue weighted by atomic mass is 10.0. The van der Waals surface area contributed by atoms with Crippen LogP contribution in [0.25, 0.3) is 0 Å². The number of carbonyl (C=O) groups is 2. The van der Waals surface area contributed by atoms with Crippen molar-refractivity contribution in [1.82, 2.24) is 0 Å². The minimum Gasteiger partial charge on any atom is -0.504 e. The molecule has 0 radical (unpaired) electrons. The molecule has 92 valence electrons. The molecule has 6 nitrogen and oxygen atoms in total. The summed E-state index contributed by atoms with van der Waals surface area (Å²) in [6.07, 6.45) is -0.00646. The van der Waals surface area contributed by atoms with E-state index >= 15 is 0 Å². The molecular weight excluding hydrogens is 226 g/mol. The number of rotatable bonds is 5. The number of carboxylic acids is 1. The molecule has 0 aliphatic carbocycles. The molecule has 0 heterocycles. The van der Waals surface area contributed by atoms with Gasteiger partial charge in [0.05, 0.1) is 0 Å². The molecule has 0 aliphatic rings. The summed E-state index contributed by atoms with van der Waals surface area (Å²) in [5, 5.41) is 26.8. The first-order valence-corrected chi connectivity index (χ1v) is 4.95. The molecule has 1 aromatic rings. The van der Waals surface area contributed by atoms with Crippen molar-refractivity contribution in [3.05, 3.63) is 23.8 Å². The Bertz CT molecular complexity index is 443. The van der Waals surface area contributed by atoms with Crippen LogP contribution in [0.4, 0.5) is 0 Å². The number of carboxylic acid groups (broad SMARTS) is 1. The molecule has 17 heavy (non-hydrogen) atoms. The largest absolute Gasteiger partial charge is 0.504 e. The zero-order chi connectivity index (χ0) is 13.0. The first-order valence-electron chi connectivity index (χ1n) is 4.95. The maximum absolute atomic E-state index is 11.6. The summed E-state index contributed by atoms with van der Waals surface area (Å²) in [4.78, 5) is 22.0. The zero-order valence-electron chi connectivity index (χ0n) is 8.96. The van der Waals surface area contributed by atoms with E-state index in [1.807, 2.05) is 0 Å². The van der Waals surface area contributed by atoms with E-state index in [0.717, 1.165) is 6.07 Å². The number of aromatic hydroxyl groups is 2. The average molecular weight is 239 g/mol. The molecule has 0 saturated heterocycles. The third-order valence-corrected chi connectivity index (χ3v) is 2.30. The molecular formula is C11H13NO5. The highest BCUT2D eigenvalue weighted by atomic mass is 16.4. The van der Waals surface area contributed by atoms with Crippen molar-refractivity contribution < 1.29 is 24.9 Å². The molecule has 0 aromatic heterocycles. The summed E-state index contributed by atoms with van der Waals surface area (Å²) in [5.41, 5.74) is 5.46. The molecule has 5 N–H and O–H groups in total. The Labute approximate surface area is 97.3 Å². The highest BCUT2D eigenvalue weighted by Gasteiger charge is 2.15. The van der Waals surface area contributed by atoms with Crippen LogP contribution in [0.2, 0.25) is 0 Å². The average Bonchev–Trinajstić information content (AvgIpc) is 2.28. The second kappa shape index (κ2) is 5.31. The third kappa shape index (κ3) is 3.46. The van der Waals surface area contributed by atoms with Crippen LogP contribution in [-0.2, 0) is 4.79 Å². The number of phenols is 2. The lowest BCUT2D eigenvalue weighted by Gasteiger charge is -2.06. The van der Waals surface area contributed by atoms with Crippen molar-refractivity contribution in [3.63, 3.8) is 0 Å². The summed E-state index contributed by atoms with van der Waals surface area (Å²) in [6, 6.07) is 2.59. The van der Waals surface area contributed by atoms with E-state index in [-0.39, 0.29) is 29.9 Å². The van der Waals surface area contributed by atoms with Crippen LogP contribution in [-0.4, -0.2) is 33.1 Å². The number of Topliss-reactive ketones (excluding diaryl/α,β-unsaturated/α-hetero) is 1. The Hall–Kier alpha value is -2.08. The van der Waals surface area contributed by atoms with Gasteiger partial charge < -0.3 is 21.1 Å². The SMILES string of the molecule is N[C@@H](CCC(=O)c1ccc(O)c(O)c1)C(=O)O. The van der Waals surface area contributed by atoms with Gasteiger partial charge in [0.25, 0.3) is 0 Å². The Kier molecular flexibility index (Phi) is 4.06. The summed E-state index contributed by atoms with van der Waals surface area (Å²) < 4.78 is 0. The van der Waals surface area contributed by atoms with Crippen molar-refractivity contribution in [2.45, 2.75) is 18.9 Å². The van der Waals surface area contributed by atoms with Crippen LogP contribution in [0.5, 0.6) is 11.5 Å². The molecule has 1 aromatic carbocycles. The van der Waals surface area contributed by atoms with Gasteiger partial charge in [-0.05, 0) is 24.6 Å². The molecule has 0 saturated carbocycles. The van der Waals surface area contributed by atoms with Gasteiger partial charge in [-0.2, -0.15) is 0 Å². The molecule has 0 unspecified atom stereocenters. The van der Waals surface area contributed by atoms with Crippen LogP contribution < -0.4 is 5.73 Å². The van der Waals surface area contributed by atoms with E-state index < -0.39 is 17.8 Å². The Balaban J connectivity index is 2.64. The van der Waals surface area contributed by atoms with Gasteiger partial charge in [0.1, 0.15) is 6.04 Å². The number of ketones is 1. The van der Waals surface area contributed by atoms with Gasteiger partial charge in [-0.1, -0.05) is 0 Å². The highest BCUT2D eigenvalue weighted by molar-refractivity contribution is 5.96. The van der Waals surface area contributed by atoms with E-state index in [9.17, 15) is 14.7 Å². The van der Waals surface area contributed by atoms with E-state index in [2.05, 4.69) is 0 Å². The quantitative estimate of drug-likeness (QED) is 0.438. The maximum atomic E-state index is 11.6. The topological polar surface area (TPSA) is 121 Å². The lowest BCUT2D eigenvalue weighted by Crippen LogP contribution is -2.30. The van der Waals surface area contributed by atoms with E-state index in [1.54, 1.807) is 0 Å². The summed E-state index contributed by atoms with van der Waals surface area (Å²) in [7, 11) is 0. The van der Waals surface area contributed by atoms with Crippen molar-refractivity contribution in [3.8, 4) is 11.5 Å². The molecule has 0 bridgehead atoms. The zero-order valence-corrected chi connectivity index (χ0v) is 8.96. The van der Waals surface area contributed by atoms with Crippen LogP contribution in [0.1, 0.15) is 23.2 Å². The Morgan fingerprint density at radius 1 is 1.24 bits per heavy atom. The summed E-state index contributed by atoms with van der Waals surface area (Å²) >= 11 is 0. The lowest BCUT2D eigenvalue weighted by molar-refractivity contribution is -0.138. The number of nitrogens with two attached hydrogens (primary N) is 1. The molecule has 0 spiro atoms. The summed E-state index contributed by atoms with van der Waals surface area (Å²) in [5.74, 6) is -2.20. The van der Waals surface area contributed by atoms with E-state index in [0.29, 0.717) is 0 Å². The molecule has 0 amide bonds. The van der Waals surface area contributed by atoms with Crippen molar-refractivity contribution in [2.75, 3.05) is 0 Å². The second-order valence-corrected chi connectivity index (χ2v) is 3.61. The minimum absolute atomic E-state index is 0.0236. The van der Waals surface area contributed by atoms with Crippen LogP contribution in [0.15, 0.2) is 18.2 Å². The Morgan fingerprint density at radius 2 is 1.88 bits per heavy atom. The van der Waals surface area contributed by atoms with Gasteiger partial charge in [0.2, 0.25) is 0 Å². The fourth-order valence-corrected chi connectivity index (χ4v) is 1.25. The predicted molar refractivity (Wildman–Crippen MR) is 58.9 cm³/mol. The molecule has 0 fully saturated rings. The number of aliphatic carboxylic acids is 1. The van der Waals surface area contributed by atoms with Crippen molar-refractivity contribution in [1.29, 1.82) is 0 Å². The standard InChI is InChI=1S/C11H13NO5/c12-7(11(16)17)2-4-8(13)6-1-3-9(14)10(15)5-6/h1,3,5,7,14-15H,2,4,12H2,(H,16,17)/t7-/m0/s1. The first kappa shape index (κ1) is 13.0. The van der Waals surface area contributed by atoms with Crippen LogP contribution in [0.3, 0.4) is 0 Å². The molecule has 6 heteroatoms. The fraction of sp³-hybridized carbons (Fsp3) is 0.273. The number of hydrogen-bond acceptors (Lipinski definition) is 5. The first-order chi connectivity index (χ1) is 7.91. The monoisotopic (exact) mass is 239 g/mol. The molecule has 1 rings (SSSR count). The molecule has 0 aliphatic heterocycles. The van der Waals surface area contributed by atoms with Gasteiger partial charge in [-0.3, -0.25) is 9.59 Å². The van der Waals surface area contributed by atoms with Crippen molar-refractivity contribution in [2.24, 2.45) is 5.73 Å². The van der Waals surface area contributed by atoms with Crippen LogP contribution in [0, 0.1) is 0 Å². The van der Waals surface area contributed by atoms with Gasteiger partial charge in [-0.25, -0.2) is 0 Å².